The number of aliphatic hydroxyl groups excluding tert-OH is 1. The summed E-state index contributed by atoms with van der Waals surface area (Å²) in [5.41, 5.74) is 3.63. The molecule has 2 unspecified atom stereocenters. The quantitative estimate of drug-likeness (QED) is 0.738. The highest BCUT2D eigenvalue weighted by atomic mass is 16.3. The van der Waals surface area contributed by atoms with Gasteiger partial charge in [-0.15, -0.1) is 0 Å². The van der Waals surface area contributed by atoms with Crippen LogP contribution in [-0.4, -0.2) is 11.2 Å². The first-order valence-corrected chi connectivity index (χ1v) is 7.89. The van der Waals surface area contributed by atoms with Gasteiger partial charge in [0.05, 0.1) is 6.10 Å². The van der Waals surface area contributed by atoms with Gasteiger partial charge in [0.1, 0.15) is 0 Å². The molecular formula is C20H25O. The SMILES string of the molecule is [CH2]CC(c1ccc(-c2ccccc2)cc1)C(O)CCCC. The molecule has 0 aliphatic rings. The van der Waals surface area contributed by atoms with E-state index in [0.717, 1.165) is 25.7 Å². The third kappa shape index (κ3) is 4.18. The topological polar surface area (TPSA) is 20.2 Å². The second kappa shape index (κ2) is 7.99. The van der Waals surface area contributed by atoms with E-state index in [1.54, 1.807) is 0 Å². The van der Waals surface area contributed by atoms with Crippen molar-refractivity contribution >= 4 is 0 Å². The second-order valence-electron chi connectivity index (χ2n) is 5.59. The minimum Gasteiger partial charge on any atom is -0.392 e. The monoisotopic (exact) mass is 281 g/mol. The summed E-state index contributed by atoms with van der Waals surface area (Å²) in [5, 5.41) is 10.3. The molecule has 0 aromatic heterocycles. The molecule has 0 aliphatic carbocycles. The first-order valence-electron chi connectivity index (χ1n) is 7.89. The molecule has 2 aromatic rings. The Kier molecular flexibility index (Phi) is 6.01. The Balaban J connectivity index is 2.13. The smallest absolute Gasteiger partial charge is 0.0608 e. The number of hydrogen-bond acceptors (Lipinski definition) is 1. The normalized spacial score (nSPS) is 13.9. The second-order valence-corrected chi connectivity index (χ2v) is 5.59. The van der Waals surface area contributed by atoms with E-state index in [9.17, 15) is 5.11 Å². The maximum absolute atomic E-state index is 10.3. The molecule has 0 heterocycles. The summed E-state index contributed by atoms with van der Waals surface area (Å²) < 4.78 is 0. The summed E-state index contributed by atoms with van der Waals surface area (Å²) in [6.45, 7) is 6.17. The third-order valence-corrected chi connectivity index (χ3v) is 4.07. The lowest BCUT2D eigenvalue weighted by Gasteiger charge is -2.22. The Hall–Kier alpha value is -1.60. The third-order valence-electron chi connectivity index (χ3n) is 4.07. The summed E-state index contributed by atoms with van der Waals surface area (Å²) in [7, 11) is 0. The van der Waals surface area contributed by atoms with Gasteiger partial charge >= 0.3 is 0 Å². The van der Waals surface area contributed by atoms with Gasteiger partial charge in [-0.05, 0) is 29.5 Å². The molecule has 2 aromatic carbocycles. The Morgan fingerprint density at radius 1 is 0.952 bits per heavy atom. The van der Waals surface area contributed by atoms with E-state index in [2.05, 4.69) is 62.4 Å². The molecule has 0 spiro atoms. The summed E-state index contributed by atoms with van der Waals surface area (Å²) in [5.74, 6) is 0.140. The average Bonchev–Trinajstić information content (AvgIpc) is 2.55. The summed E-state index contributed by atoms with van der Waals surface area (Å²) >= 11 is 0. The molecule has 0 saturated heterocycles. The molecule has 1 heteroatoms. The fraction of sp³-hybridized carbons (Fsp3) is 0.350. The molecule has 2 rings (SSSR count). The molecular weight excluding hydrogens is 256 g/mol. The molecule has 1 nitrogen and oxygen atoms in total. The van der Waals surface area contributed by atoms with Gasteiger partial charge in [0.15, 0.2) is 0 Å². The first-order chi connectivity index (χ1) is 10.3. The molecule has 0 fully saturated rings. The summed E-state index contributed by atoms with van der Waals surface area (Å²) in [6.07, 6.45) is 3.49. The van der Waals surface area contributed by atoms with Crippen LogP contribution in [0.4, 0.5) is 0 Å². The molecule has 1 radical (unpaired) electrons. The van der Waals surface area contributed by atoms with Crippen LogP contribution in [0.1, 0.15) is 44.1 Å². The van der Waals surface area contributed by atoms with Gasteiger partial charge in [-0.3, -0.25) is 0 Å². The van der Waals surface area contributed by atoms with E-state index >= 15 is 0 Å². The molecule has 1 N–H and O–H groups in total. The van der Waals surface area contributed by atoms with Crippen molar-refractivity contribution in [3.8, 4) is 11.1 Å². The van der Waals surface area contributed by atoms with Crippen LogP contribution >= 0.6 is 0 Å². The minimum absolute atomic E-state index is 0.140. The molecule has 0 bridgehead atoms. The van der Waals surface area contributed by atoms with E-state index in [-0.39, 0.29) is 12.0 Å². The standard InChI is InChI=1S/C20H25O/c1-3-5-11-20(21)19(4-2)18-14-12-17(13-15-18)16-9-7-6-8-10-16/h6-10,12-15,19-21H,2-5,11H2,1H3. The molecule has 0 amide bonds. The van der Waals surface area contributed by atoms with Crippen molar-refractivity contribution in [3.63, 3.8) is 0 Å². The molecule has 0 aliphatic heterocycles. The number of benzene rings is 2. The van der Waals surface area contributed by atoms with Crippen molar-refractivity contribution in [2.24, 2.45) is 0 Å². The highest BCUT2D eigenvalue weighted by Crippen LogP contribution is 2.28. The molecule has 0 saturated carbocycles. The van der Waals surface area contributed by atoms with Gasteiger partial charge in [-0.25, -0.2) is 0 Å². The predicted octanol–water partition coefficient (Wildman–Crippen LogP) is 5.21. The van der Waals surface area contributed by atoms with Gasteiger partial charge in [-0.1, -0.05) is 81.3 Å². The van der Waals surface area contributed by atoms with Crippen molar-refractivity contribution in [3.05, 3.63) is 67.1 Å². The Morgan fingerprint density at radius 2 is 1.57 bits per heavy atom. The van der Waals surface area contributed by atoms with E-state index in [4.69, 9.17) is 0 Å². The Bertz CT molecular complexity index is 515. The Labute approximate surface area is 128 Å². The van der Waals surface area contributed by atoms with Crippen LogP contribution in [0.2, 0.25) is 0 Å². The van der Waals surface area contributed by atoms with Crippen LogP contribution in [0.5, 0.6) is 0 Å². The highest BCUT2D eigenvalue weighted by molar-refractivity contribution is 5.63. The molecule has 2 atom stereocenters. The largest absolute Gasteiger partial charge is 0.392 e. The Morgan fingerprint density at radius 3 is 2.14 bits per heavy atom. The fourth-order valence-corrected chi connectivity index (χ4v) is 2.75. The van der Waals surface area contributed by atoms with Gasteiger partial charge in [-0.2, -0.15) is 0 Å². The summed E-state index contributed by atoms with van der Waals surface area (Å²) in [4.78, 5) is 0. The lowest BCUT2D eigenvalue weighted by molar-refractivity contribution is 0.131. The lowest BCUT2D eigenvalue weighted by atomic mass is 9.87. The highest BCUT2D eigenvalue weighted by Gasteiger charge is 2.18. The van der Waals surface area contributed by atoms with Crippen LogP contribution < -0.4 is 0 Å². The minimum atomic E-state index is -0.287. The fourth-order valence-electron chi connectivity index (χ4n) is 2.75. The van der Waals surface area contributed by atoms with Crippen LogP contribution in [0, 0.1) is 6.92 Å². The van der Waals surface area contributed by atoms with E-state index in [1.807, 2.05) is 6.07 Å². The van der Waals surface area contributed by atoms with E-state index in [0.29, 0.717) is 0 Å². The van der Waals surface area contributed by atoms with Crippen molar-refractivity contribution in [2.75, 3.05) is 0 Å². The number of unbranched alkanes of at least 4 members (excludes halogenated alkanes) is 1. The lowest BCUT2D eigenvalue weighted by Crippen LogP contribution is -2.17. The number of rotatable bonds is 7. The van der Waals surface area contributed by atoms with Gasteiger partial charge in [0.2, 0.25) is 0 Å². The van der Waals surface area contributed by atoms with Crippen molar-refractivity contribution in [2.45, 2.75) is 44.6 Å². The molecule has 21 heavy (non-hydrogen) atoms. The van der Waals surface area contributed by atoms with Crippen LogP contribution in [0.25, 0.3) is 11.1 Å². The zero-order valence-electron chi connectivity index (χ0n) is 12.8. The summed E-state index contributed by atoms with van der Waals surface area (Å²) in [6, 6.07) is 18.9. The zero-order valence-corrected chi connectivity index (χ0v) is 12.8. The van der Waals surface area contributed by atoms with Crippen molar-refractivity contribution in [1.82, 2.24) is 0 Å². The van der Waals surface area contributed by atoms with Crippen molar-refractivity contribution < 1.29 is 5.11 Å². The van der Waals surface area contributed by atoms with Gasteiger partial charge < -0.3 is 5.11 Å². The predicted molar refractivity (Wildman–Crippen MR) is 90.1 cm³/mol. The average molecular weight is 281 g/mol. The van der Waals surface area contributed by atoms with Crippen molar-refractivity contribution in [1.29, 1.82) is 0 Å². The number of aliphatic hydroxyl groups is 1. The molecule has 111 valence electrons. The van der Waals surface area contributed by atoms with E-state index in [1.165, 1.54) is 16.7 Å². The van der Waals surface area contributed by atoms with Gasteiger partial charge in [0, 0.05) is 5.92 Å². The maximum atomic E-state index is 10.3. The number of hydrogen-bond donors (Lipinski definition) is 1. The van der Waals surface area contributed by atoms with Crippen LogP contribution in [0.15, 0.2) is 54.6 Å². The van der Waals surface area contributed by atoms with Crippen LogP contribution in [0.3, 0.4) is 0 Å². The van der Waals surface area contributed by atoms with Crippen LogP contribution in [-0.2, 0) is 0 Å². The van der Waals surface area contributed by atoms with E-state index < -0.39 is 0 Å². The first kappa shape index (κ1) is 15.8. The van der Waals surface area contributed by atoms with Gasteiger partial charge in [0.25, 0.3) is 0 Å². The maximum Gasteiger partial charge on any atom is 0.0608 e. The zero-order chi connectivity index (χ0) is 15.1.